The number of aliphatic hydroxyl groups is 1. The Balaban J connectivity index is 1.39. The number of esters is 1. The van der Waals surface area contributed by atoms with E-state index in [1.54, 1.807) is 13.8 Å². The van der Waals surface area contributed by atoms with E-state index in [1.165, 1.54) is 57.1 Å². The Hall–Kier alpha value is -4.30. The highest BCUT2D eigenvalue weighted by atomic mass is 32.2. The summed E-state index contributed by atoms with van der Waals surface area (Å²) in [5.41, 5.74) is 0.562. The molecule has 2 saturated heterocycles. The SMILES string of the molecule is Cc1ccc(C(=O)N[C@H](COC(=O)c2ccc(C)c(S(=O)(=O)N3CCOCC3)c2)[C@H](O)c2ccc([N+](=O)[O-])cc2)cc1S(=O)(=O)N1CCOCC1. The van der Waals surface area contributed by atoms with E-state index in [1.807, 2.05) is 0 Å². The van der Waals surface area contributed by atoms with Crippen molar-refractivity contribution >= 4 is 37.6 Å². The van der Waals surface area contributed by atoms with Gasteiger partial charge in [0.2, 0.25) is 20.0 Å². The van der Waals surface area contributed by atoms with Gasteiger partial charge >= 0.3 is 5.97 Å². The molecule has 2 aliphatic rings. The second-order valence-electron chi connectivity index (χ2n) is 12.0. The average Bonchev–Trinajstić information content (AvgIpc) is 3.13. The molecule has 2 atom stereocenters. The molecule has 51 heavy (non-hydrogen) atoms. The Morgan fingerprint density at radius 3 is 1.78 bits per heavy atom. The number of aryl methyl sites for hydroxylation is 2. The molecule has 16 nitrogen and oxygen atoms in total. The van der Waals surface area contributed by atoms with Crippen LogP contribution in [-0.4, -0.2) is 113 Å². The van der Waals surface area contributed by atoms with Gasteiger partial charge in [0.1, 0.15) is 12.7 Å². The lowest BCUT2D eigenvalue weighted by Gasteiger charge is -2.27. The maximum Gasteiger partial charge on any atom is 0.338 e. The number of aliphatic hydroxyl groups excluding tert-OH is 1. The van der Waals surface area contributed by atoms with Gasteiger partial charge in [0.25, 0.3) is 11.6 Å². The van der Waals surface area contributed by atoms with Gasteiger partial charge in [-0.3, -0.25) is 14.9 Å². The molecule has 0 radical (unpaired) electrons. The molecule has 2 fully saturated rings. The average molecular weight is 747 g/mol. The Morgan fingerprint density at radius 2 is 1.29 bits per heavy atom. The molecule has 18 heteroatoms. The molecule has 0 spiro atoms. The van der Waals surface area contributed by atoms with Crippen LogP contribution in [0.3, 0.4) is 0 Å². The van der Waals surface area contributed by atoms with Crippen molar-refractivity contribution in [3.63, 3.8) is 0 Å². The summed E-state index contributed by atoms with van der Waals surface area (Å²) in [5.74, 6) is -1.75. The highest BCUT2D eigenvalue weighted by molar-refractivity contribution is 7.89. The number of hydrogen-bond acceptors (Lipinski definition) is 12. The van der Waals surface area contributed by atoms with Gasteiger partial charge in [0, 0.05) is 43.9 Å². The molecule has 0 bridgehead atoms. The normalized spacial score (nSPS) is 17.3. The number of sulfonamides is 2. The van der Waals surface area contributed by atoms with E-state index in [2.05, 4.69) is 5.32 Å². The number of rotatable bonds is 12. The number of morpholine rings is 2. The van der Waals surface area contributed by atoms with Crippen molar-refractivity contribution in [3.05, 3.63) is 98.6 Å². The first-order valence-electron chi connectivity index (χ1n) is 16.0. The lowest BCUT2D eigenvalue weighted by Crippen LogP contribution is -2.43. The van der Waals surface area contributed by atoms with Crippen molar-refractivity contribution in [2.45, 2.75) is 35.8 Å². The third-order valence-corrected chi connectivity index (χ3v) is 12.7. The van der Waals surface area contributed by atoms with Crippen LogP contribution >= 0.6 is 0 Å². The van der Waals surface area contributed by atoms with Gasteiger partial charge in [-0.05, 0) is 66.9 Å². The summed E-state index contributed by atoms with van der Waals surface area (Å²) in [6.45, 7) is 4.10. The fourth-order valence-electron chi connectivity index (χ4n) is 5.61. The smallest absolute Gasteiger partial charge is 0.338 e. The van der Waals surface area contributed by atoms with Crippen molar-refractivity contribution < 1.29 is 50.7 Å². The minimum atomic E-state index is -3.98. The number of nitrogens with zero attached hydrogens (tertiary/aromatic N) is 3. The van der Waals surface area contributed by atoms with E-state index in [0.717, 1.165) is 12.1 Å². The summed E-state index contributed by atoms with van der Waals surface area (Å²) < 4.78 is 72.1. The van der Waals surface area contributed by atoms with Gasteiger partial charge in [-0.25, -0.2) is 21.6 Å². The molecule has 3 aromatic rings. The molecular formula is C33H38N4O12S2. The maximum atomic E-state index is 13.6. The summed E-state index contributed by atoms with van der Waals surface area (Å²) in [5, 5.41) is 25.1. The zero-order chi connectivity index (χ0) is 36.9. The van der Waals surface area contributed by atoms with Crippen molar-refractivity contribution in [2.24, 2.45) is 0 Å². The third kappa shape index (κ3) is 8.61. The third-order valence-electron chi connectivity index (χ3n) is 8.59. The number of amides is 1. The van der Waals surface area contributed by atoms with E-state index in [0.29, 0.717) is 11.1 Å². The predicted molar refractivity (Wildman–Crippen MR) is 181 cm³/mol. The number of benzene rings is 3. The lowest BCUT2D eigenvalue weighted by atomic mass is 10.0. The summed E-state index contributed by atoms with van der Waals surface area (Å²) in [6, 6.07) is 11.7. The minimum absolute atomic E-state index is 0.0591. The molecule has 2 N–H and O–H groups in total. The Morgan fingerprint density at radius 1 is 0.824 bits per heavy atom. The van der Waals surface area contributed by atoms with Crippen LogP contribution in [0.4, 0.5) is 5.69 Å². The van der Waals surface area contributed by atoms with Crippen LogP contribution < -0.4 is 5.32 Å². The van der Waals surface area contributed by atoms with Crippen molar-refractivity contribution in [1.29, 1.82) is 0 Å². The van der Waals surface area contributed by atoms with Gasteiger partial charge in [0.05, 0.1) is 52.7 Å². The fourth-order valence-corrected chi connectivity index (χ4v) is 8.93. The van der Waals surface area contributed by atoms with E-state index in [4.69, 9.17) is 14.2 Å². The molecule has 2 heterocycles. The number of carbonyl (C=O) groups is 2. The summed E-state index contributed by atoms with van der Waals surface area (Å²) in [4.78, 5) is 37.3. The number of hydrogen-bond donors (Lipinski definition) is 2. The lowest BCUT2D eigenvalue weighted by molar-refractivity contribution is -0.384. The van der Waals surface area contributed by atoms with Crippen LogP contribution in [0.25, 0.3) is 0 Å². The first-order chi connectivity index (χ1) is 24.2. The van der Waals surface area contributed by atoms with Crippen LogP contribution in [0.1, 0.15) is 43.5 Å². The molecule has 1 amide bonds. The van der Waals surface area contributed by atoms with Crippen LogP contribution in [0.2, 0.25) is 0 Å². The molecule has 2 aliphatic heterocycles. The standard InChI is InChI=1S/C33H38N4O12S2/c1-22-3-5-25(19-29(22)50(43,44)35-11-15-47-16-12-35)32(39)34-28(31(38)24-7-9-27(10-8-24)37(41)42)21-49-33(40)26-6-4-23(2)30(20-26)51(45,46)36-13-17-48-18-14-36/h3-10,19-20,28,31,38H,11-18,21H2,1-2H3,(H,34,39)/t28-,31-/m1/s1. The van der Waals surface area contributed by atoms with E-state index >= 15 is 0 Å². The van der Waals surface area contributed by atoms with E-state index in [9.17, 15) is 41.6 Å². The Bertz CT molecular complexity index is 1990. The van der Waals surface area contributed by atoms with Crippen LogP contribution in [0.5, 0.6) is 0 Å². The van der Waals surface area contributed by atoms with Gasteiger partial charge in [-0.1, -0.05) is 12.1 Å². The first-order valence-corrected chi connectivity index (χ1v) is 18.9. The van der Waals surface area contributed by atoms with Crippen LogP contribution in [-0.2, 0) is 34.3 Å². The molecule has 0 saturated carbocycles. The zero-order valence-corrected chi connectivity index (χ0v) is 29.5. The number of nitro groups is 1. The van der Waals surface area contributed by atoms with E-state index in [-0.39, 0.29) is 84.8 Å². The maximum absolute atomic E-state index is 13.6. The Labute approximate surface area is 295 Å². The second-order valence-corrected chi connectivity index (χ2v) is 15.8. The monoisotopic (exact) mass is 746 g/mol. The number of carbonyl (C=O) groups excluding carboxylic acids is 2. The van der Waals surface area contributed by atoms with Crippen molar-refractivity contribution in [3.8, 4) is 0 Å². The summed E-state index contributed by atoms with van der Waals surface area (Å²) in [6.07, 6.45) is -1.56. The van der Waals surface area contributed by atoms with Crippen LogP contribution in [0, 0.1) is 24.0 Å². The van der Waals surface area contributed by atoms with Crippen molar-refractivity contribution in [1.82, 2.24) is 13.9 Å². The highest BCUT2D eigenvalue weighted by Crippen LogP contribution is 2.26. The largest absolute Gasteiger partial charge is 0.460 e. The van der Waals surface area contributed by atoms with Crippen LogP contribution in [0.15, 0.2) is 70.5 Å². The zero-order valence-electron chi connectivity index (χ0n) is 27.9. The molecule has 5 rings (SSSR count). The van der Waals surface area contributed by atoms with Gasteiger partial charge < -0.3 is 24.6 Å². The second kappa shape index (κ2) is 15.9. The number of nitrogens with one attached hydrogen (secondary N) is 1. The van der Waals surface area contributed by atoms with E-state index < -0.39 is 55.6 Å². The Kier molecular flexibility index (Phi) is 11.9. The number of nitro benzene ring substituents is 1. The van der Waals surface area contributed by atoms with Gasteiger partial charge in [0.15, 0.2) is 0 Å². The topological polar surface area (TPSA) is 212 Å². The fraction of sp³-hybridized carbons (Fsp3) is 0.394. The molecule has 274 valence electrons. The number of ether oxygens (including phenoxy) is 3. The first kappa shape index (κ1) is 37.9. The molecule has 0 aromatic heterocycles. The minimum Gasteiger partial charge on any atom is -0.460 e. The molecule has 0 aliphatic carbocycles. The highest BCUT2D eigenvalue weighted by Gasteiger charge is 2.32. The van der Waals surface area contributed by atoms with Gasteiger partial charge in [-0.2, -0.15) is 8.61 Å². The summed E-state index contributed by atoms with van der Waals surface area (Å²) >= 11 is 0. The molecule has 0 unspecified atom stereocenters. The predicted octanol–water partition coefficient (Wildman–Crippen LogP) is 1.94. The van der Waals surface area contributed by atoms with Crippen molar-refractivity contribution in [2.75, 3.05) is 59.2 Å². The van der Waals surface area contributed by atoms with Gasteiger partial charge in [-0.15, -0.1) is 0 Å². The quantitative estimate of drug-likeness (QED) is 0.155. The molecule has 3 aromatic carbocycles. The summed E-state index contributed by atoms with van der Waals surface area (Å²) in [7, 11) is -7.94. The number of non-ortho nitro benzene ring substituents is 1. The molecular weight excluding hydrogens is 709 g/mol.